The fourth-order valence-electron chi connectivity index (χ4n) is 1.41. The summed E-state index contributed by atoms with van der Waals surface area (Å²) in [6.45, 7) is 11.6. The summed E-state index contributed by atoms with van der Waals surface area (Å²) in [4.78, 5) is 23.2. The van der Waals surface area contributed by atoms with E-state index in [0.29, 0.717) is 12.8 Å². The lowest BCUT2D eigenvalue weighted by Crippen LogP contribution is -2.25. The van der Waals surface area contributed by atoms with E-state index in [1.165, 1.54) is 0 Å². The second kappa shape index (κ2) is 5.43. The van der Waals surface area contributed by atoms with Crippen molar-refractivity contribution < 1.29 is 9.59 Å². The van der Waals surface area contributed by atoms with Gasteiger partial charge in [-0.2, -0.15) is 0 Å². The Balaban J connectivity index is 4.31. The first kappa shape index (κ1) is 14.3. The van der Waals surface area contributed by atoms with Crippen molar-refractivity contribution in [3.63, 3.8) is 0 Å². The molecule has 0 bridgehead atoms. The van der Waals surface area contributed by atoms with Crippen molar-refractivity contribution in [3.05, 3.63) is 0 Å². The quantitative estimate of drug-likeness (QED) is 0.677. The molecule has 0 aliphatic heterocycles. The number of carbonyl (C=O) groups is 2. The molecule has 2 nitrogen and oxygen atoms in total. The molecule has 0 atom stereocenters. The second-order valence-corrected chi connectivity index (χ2v) is 5.76. The lowest BCUT2D eigenvalue weighted by molar-refractivity contribution is -0.126. The predicted octanol–water partition coefficient (Wildman–Crippen LogP) is 3.24. The van der Waals surface area contributed by atoms with E-state index in [4.69, 9.17) is 0 Å². The zero-order valence-electron chi connectivity index (χ0n) is 10.9. The summed E-state index contributed by atoms with van der Waals surface area (Å²) in [5, 5.41) is 0. The SMILES string of the molecule is CC(C)C(=O)CC(C)(C)CC(=O)C(C)C. The van der Waals surface area contributed by atoms with Crippen molar-refractivity contribution in [1.29, 1.82) is 0 Å². The van der Waals surface area contributed by atoms with Gasteiger partial charge in [-0.05, 0) is 5.41 Å². The summed E-state index contributed by atoms with van der Waals surface area (Å²) in [5.41, 5.74) is -0.192. The maximum absolute atomic E-state index is 11.6. The molecule has 0 aromatic heterocycles. The first-order valence-corrected chi connectivity index (χ1v) is 5.71. The highest BCUT2D eigenvalue weighted by molar-refractivity contribution is 5.84. The molecule has 0 heterocycles. The molecule has 0 saturated carbocycles. The van der Waals surface area contributed by atoms with E-state index in [1.54, 1.807) is 0 Å². The first-order chi connectivity index (χ1) is 6.65. The smallest absolute Gasteiger partial charge is 0.135 e. The summed E-state index contributed by atoms with van der Waals surface area (Å²) in [5.74, 6) is 0.630. The van der Waals surface area contributed by atoms with Crippen LogP contribution in [0.2, 0.25) is 0 Å². The first-order valence-electron chi connectivity index (χ1n) is 5.71. The van der Waals surface area contributed by atoms with Crippen LogP contribution in [-0.2, 0) is 9.59 Å². The van der Waals surface area contributed by atoms with E-state index in [0.717, 1.165) is 0 Å². The minimum Gasteiger partial charge on any atom is -0.299 e. The maximum atomic E-state index is 11.6. The highest BCUT2D eigenvalue weighted by atomic mass is 16.1. The molecule has 0 fully saturated rings. The normalized spacial score (nSPS) is 12.3. The van der Waals surface area contributed by atoms with Gasteiger partial charge in [0.1, 0.15) is 11.6 Å². The Morgan fingerprint density at radius 1 is 0.867 bits per heavy atom. The number of hydrogen-bond donors (Lipinski definition) is 0. The highest BCUT2D eigenvalue weighted by Gasteiger charge is 2.27. The second-order valence-electron chi connectivity index (χ2n) is 5.76. The van der Waals surface area contributed by atoms with E-state index in [2.05, 4.69) is 0 Å². The minimum atomic E-state index is -0.192. The Bertz CT molecular complexity index is 213. The molecule has 0 amide bonds. The van der Waals surface area contributed by atoms with Gasteiger partial charge in [0, 0.05) is 24.7 Å². The van der Waals surface area contributed by atoms with Crippen LogP contribution in [0.4, 0.5) is 0 Å². The van der Waals surface area contributed by atoms with Gasteiger partial charge in [0.15, 0.2) is 0 Å². The molecule has 0 radical (unpaired) electrons. The number of rotatable bonds is 6. The van der Waals surface area contributed by atoms with E-state index >= 15 is 0 Å². The molecule has 0 aromatic rings. The van der Waals surface area contributed by atoms with Crippen molar-refractivity contribution in [2.24, 2.45) is 17.3 Å². The third-order valence-electron chi connectivity index (χ3n) is 2.59. The molecule has 2 heteroatoms. The van der Waals surface area contributed by atoms with Crippen LogP contribution in [0.1, 0.15) is 54.4 Å². The molecule has 0 spiro atoms. The van der Waals surface area contributed by atoms with Crippen LogP contribution in [0.5, 0.6) is 0 Å². The Hall–Kier alpha value is -0.660. The van der Waals surface area contributed by atoms with Crippen molar-refractivity contribution in [2.45, 2.75) is 54.4 Å². The van der Waals surface area contributed by atoms with Crippen molar-refractivity contribution >= 4 is 11.6 Å². The maximum Gasteiger partial charge on any atom is 0.135 e. The summed E-state index contributed by atoms with van der Waals surface area (Å²) in [7, 11) is 0. The highest BCUT2D eigenvalue weighted by Crippen LogP contribution is 2.28. The molecule has 0 N–H and O–H groups in total. The van der Waals surface area contributed by atoms with Crippen molar-refractivity contribution in [1.82, 2.24) is 0 Å². The fourth-order valence-corrected chi connectivity index (χ4v) is 1.41. The molecular weight excluding hydrogens is 188 g/mol. The number of hydrogen-bond acceptors (Lipinski definition) is 2. The van der Waals surface area contributed by atoms with Crippen LogP contribution in [0, 0.1) is 17.3 Å². The van der Waals surface area contributed by atoms with Crippen LogP contribution in [0.25, 0.3) is 0 Å². The molecule has 88 valence electrons. The summed E-state index contributed by atoms with van der Waals surface area (Å²) in [6, 6.07) is 0. The van der Waals surface area contributed by atoms with Gasteiger partial charge < -0.3 is 0 Å². The van der Waals surface area contributed by atoms with E-state index in [9.17, 15) is 9.59 Å². The predicted molar refractivity (Wildman–Crippen MR) is 62.7 cm³/mol. The van der Waals surface area contributed by atoms with Crippen LogP contribution in [0.3, 0.4) is 0 Å². The van der Waals surface area contributed by atoms with E-state index in [-0.39, 0.29) is 28.8 Å². The van der Waals surface area contributed by atoms with E-state index in [1.807, 2.05) is 41.5 Å². The molecule has 15 heavy (non-hydrogen) atoms. The molecule has 0 aromatic carbocycles. The Labute approximate surface area is 93.4 Å². The number of carbonyl (C=O) groups excluding carboxylic acids is 2. The average molecular weight is 212 g/mol. The number of ketones is 2. The third kappa shape index (κ3) is 5.71. The molecule has 0 rings (SSSR count). The van der Waals surface area contributed by atoms with Crippen LogP contribution >= 0.6 is 0 Å². The Morgan fingerprint density at radius 2 is 1.13 bits per heavy atom. The van der Waals surface area contributed by atoms with Gasteiger partial charge in [-0.1, -0.05) is 41.5 Å². The van der Waals surface area contributed by atoms with Gasteiger partial charge in [0.2, 0.25) is 0 Å². The van der Waals surface area contributed by atoms with Crippen LogP contribution in [0.15, 0.2) is 0 Å². The Morgan fingerprint density at radius 3 is 1.33 bits per heavy atom. The zero-order chi connectivity index (χ0) is 12.2. The van der Waals surface area contributed by atoms with E-state index < -0.39 is 0 Å². The zero-order valence-corrected chi connectivity index (χ0v) is 10.9. The van der Waals surface area contributed by atoms with Crippen molar-refractivity contribution in [3.8, 4) is 0 Å². The molecule has 0 aliphatic carbocycles. The fraction of sp³-hybridized carbons (Fsp3) is 0.846. The Kier molecular flexibility index (Phi) is 5.19. The number of Topliss-reactive ketones (excluding diaryl/α,β-unsaturated/α-hetero) is 2. The third-order valence-corrected chi connectivity index (χ3v) is 2.59. The molecule has 0 saturated heterocycles. The molecule has 0 unspecified atom stereocenters. The standard InChI is InChI=1S/C13H24O2/c1-9(2)11(14)7-13(5,6)8-12(15)10(3)4/h9-10H,7-8H2,1-6H3. The van der Waals surface area contributed by atoms with Crippen molar-refractivity contribution in [2.75, 3.05) is 0 Å². The van der Waals surface area contributed by atoms with Gasteiger partial charge in [-0.25, -0.2) is 0 Å². The van der Waals surface area contributed by atoms with Gasteiger partial charge in [0.05, 0.1) is 0 Å². The van der Waals surface area contributed by atoms with Gasteiger partial charge in [-0.15, -0.1) is 0 Å². The molecule has 0 aliphatic rings. The topological polar surface area (TPSA) is 34.1 Å². The largest absolute Gasteiger partial charge is 0.299 e. The summed E-state index contributed by atoms with van der Waals surface area (Å²) < 4.78 is 0. The molecular formula is C13H24O2. The lowest BCUT2D eigenvalue weighted by atomic mass is 9.79. The van der Waals surface area contributed by atoms with Gasteiger partial charge >= 0.3 is 0 Å². The van der Waals surface area contributed by atoms with Gasteiger partial charge in [-0.3, -0.25) is 9.59 Å². The summed E-state index contributed by atoms with van der Waals surface area (Å²) >= 11 is 0. The van der Waals surface area contributed by atoms with Crippen LogP contribution < -0.4 is 0 Å². The monoisotopic (exact) mass is 212 g/mol. The minimum absolute atomic E-state index is 0.0680. The summed E-state index contributed by atoms with van der Waals surface area (Å²) in [6.07, 6.45) is 1.01. The average Bonchev–Trinajstić information content (AvgIpc) is 2.01. The lowest BCUT2D eigenvalue weighted by Gasteiger charge is -2.24. The van der Waals surface area contributed by atoms with Crippen LogP contribution in [-0.4, -0.2) is 11.6 Å². The van der Waals surface area contributed by atoms with Gasteiger partial charge in [0.25, 0.3) is 0 Å².